The molecule has 0 aliphatic carbocycles. The van der Waals surface area contributed by atoms with E-state index in [9.17, 15) is 9.59 Å². The number of ether oxygens (including phenoxy) is 3. The number of alkyl halides is 1. The number of nitrogens with one attached hydrogen (secondary N) is 3. The Morgan fingerprint density at radius 1 is 1.06 bits per heavy atom. The fraction of sp³-hybridized carbons (Fsp3) is 0.656. The molecule has 3 heterocycles. The van der Waals surface area contributed by atoms with Crippen molar-refractivity contribution in [3.05, 3.63) is 34.9 Å². The number of hydrogen-bond acceptors (Lipinski definition) is 9. The van der Waals surface area contributed by atoms with Crippen molar-refractivity contribution in [2.45, 2.75) is 103 Å². The van der Waals surface area contributed by atoms with Gasteiger partial charge in [-0.25, -0.2) is 9.59 Å². The van der Waals surface area contributed by atoms with Crippen molar-refractivity contribution in [3.63, 3.8) is 0 Å². The van der Waals surface area contributed by atoms with Gasteiger partial charge < -0.3 is 39.0 Å². The lowest BCUT2D eigenvalue weighted by Gasteiger charge is -2.40. The molecule has 15 heteroatoms. The molecule has 1 saturated heterocycles. The normalized spacial score (nSPS) is 19.7. The van der Waals surface area contributed by atoms with Crippen LogP contribution in [-0.2, 0) is 13.6 Å². The number of para-hydroxylation sites is 1. The molecule has 0 bridgehead atoms. The minimum absolute atomic E-state index is 0.00495. The van der Waals surface area contributed by atoms with Crippen LogP contribution in [0.4, 0.5) is 16.3 Å². The summed E-state index contributed by atoms with van der Waals surface area (Å²) in [5, 5.41) is 8.58. The van der Waals surface area contributed by atoms with Crippen LogP contribution >= 0.6 is 11.6 Å². The first kappa shape index (κ1) is 37.2. The topological polar surface area (TPSA) is 134 Å². The molecule has 262 valence electrons. The van der Waals surface area contributed by atoms with Gasteiger partial charge in [0.1, 0.15) is 30.4 Å². The number of carbonyl (C=O) groups is 1. The summed E-state index contributed by atoms with van der Waals surface area (Å²) >= 11 is 5.60. The van der Waals surface area contributed by atoms with Crippen LogP contribution < -0.4 is 31.1 Å². The first-order valence-electron chi connectivity index (χ1n) is 16.2. The fourth-order valence-corrected chi connectivity index (χ4v) is 7.12. The zero-order valence-electron chi connectivity index (χ0n) is 29.4. The maximum atomic E-state index is 13.5. The summed E-state index contributed by atoms with van der Waals surface area (Å²) < 4.78 is 33.6. The Balaban J connectivity index is 1.51. The molecule has 1 fully saturated rings. The Morgan fingerprint density at radius 2 is 1.74 bits per heavy atom. The van der Waals surface area contributed by atoms with E-state index in [0.29, 0.717) is 48.4 Å². The maximum Gasteiger partial charge on any atom is 0.351 e. The quantitative estimate of drug-likeness (QED) is 0.107. The van der Waals surface area contributed by atoms with Crippen LogP contribution in [0.2, 0.25) is 36.3 Å². The summed E-state index contributed by atoms with van der Waals surface area (Å²) in [7, 11) is -4.22. The highest BCUT2D eigenvalue weighted by Gasteiger charge is 2.47. The van der Waals surface area contributed by atoms with Crippen molar-refractivity contribution in [3.8, 4) is 17.2 Å². The van der Waals surface area contributed by atoms with Gasteiger partial charge in [-0.1, -0.05) is 47.6 Å². The van der Waals surface area contributed by atoms with Gasteiger partial charge in [-0.15, -0.1) is 11.6 Å². The molecular weight excluding hydrogens is 658 g/mol. The fourth-order valence-electron chi connectivity index (χ4n) is 4.65. The summed E-state index contributed by atoms with van der Waals surface area (Å²) in [6, 6.07) is 5.06. The van der Waals surface area contributed by atoms with Gasteiger partial charge in [0.05, 0.1) is 25.5 Å². The maximum absolute atomic E-state index is 13.5. The Hall–Kier alpha value is -2.63. The number of rotatable bonds is 12. The molecule has 3 atom stereocenters. The number of anilines is 2. The summed E-state index contributed by atoms with van der Waals surface area (Å²) in [6.07, 6.45) is 0.943. The summed E-state index contributed by atoms with van der Waals surface area (Å²) in [4.78, 5) is 29.6. The standard InChI is InChI=1S/C32H52ClN5O7Si2/c1-31(2,3)46(7,8)42-20-25-23(45-47(9,10)32(4,5)6)18-26(44-25)38-19-24-28(37-30(38)40)36-27-21(12-11-13-22(27)43-24)41-17-16-35-29(39)34-15-14-33/h11-13,19,23,25-26H,14-18,20H2,1-10H3,(H2,34,35,39)(H,36,37,40)/t23-,25+,26+/m0/s1. The molecule has 47 heavy (non-hydrogen) atoms. The van der Waals surface area contributed by atoms with Crippen LogP contribution in [0.25, 0.3) is 0 Å². The second kappa shape index (κ2) is 14.5. The number of aromatic nitrogens is 2. The highest BCUT2D eigenvalue weighted by molar-refractivity contribution is 6.74. The molecule has 2 amide bonds. The van der Waals surface area contributed by atoms with E-state index in [2.05, 4.69) is 88.7 Å². The molecule has 3 N–H and O–H groups in total. The minimum Gasteiger partial charge on any atom is -0.489 e. The number of amides is 2. The Bertz CT molecular complexity index is 1480. The van der Waals surface area contributed by atoms with E-state index in [1.165, 1.54) is 4.57 Å². The van der Waals surface area contributed by atoms with Gasteiger partial charge in [-0.3, -0.25) is 4.57 Å². The van der Waals surface area contributed by atoms with Crippen molar-refractivity contribution < 1.29 is 27.9 Å². The first-order valence-corrected chi connectivity index (χ1v) is 22.6. The van der Waals surface area contributed by atoms with E-state index in [1.54, 1.807) is 24.4 Å². The van der Waals surface area contributed by atoms with Gasteiger partial charge >= 0.3 is 11.7 Å². The van der Waals surface area contributed by atoms with Crippen molar-refractivity contribution in [1.29, 1.82) is 0 Å². The van der Waals surface area contributed by atoms with Gasteiger partial charge in [-0.2, -0.15) is 4.98 Å². The zero-order valence-corrected chi connectivity index (χ0v) is 32.2. The molecule has 2 aliphatic heterocycles. The third-order valence-corrected chi connectivity index (χ3v) is 18.7. The highest BCUT2D eigenvalue weighted by atomic mass is 35.5. The Kier molecular flexibility index (Phi) is 11.4. The first-order chi connectivity index (χ1) is 21.8. The molecule has 1 aromatic carbocycles. The van der Waals surface area contributed by atoms with E-state index >= 15 is 0 Å². The smallest absolute Gasteiger partial charge is 0.351 e. The summed E-state index contributed by atoms with van der Waals surface area (Å²) in [6.45, 7) is 23.4. The van der Waals surface area contributed by atoms with E-state index in [-0.39, 0.29) is 47.3 Å². The van der Waals surface area contributed by atoms with E-state index in [4.69, 9.17) is 34.7 Å². The molecule has 0 saturated carbocycles. The van der Waals surface area contributed by atoms with Gasteiger partial charge in [-0.05, 0) is 48.4 Å². The number of benzene rings is 1. The van der Waals surface area contributed by atoms with Crippen LogP contribution in [0.3, 0.4) is 0 Å². The zero-order chi connectivity index (χ0) is 34.8. The molecule has 0 spiro atoms. The minimum atomic E-state index is -2.16. The monoisotopic (exact) mass is 709 g/mol. The predicted octanol–water partition coefficient (Wildman–Crippen LogP) is 6.71. The van der Waals surface area contributed by atoms with Crippen LogP contribution in [0, 0.1) is 0 Å². The third kappa shape index (κ3) is 8.89. The molecule has 2 aliphatic rings. The second-order valence-electron chi connectivity index (χ2n) is 15.1. The average molecular weight is 710 g/mol. The summed E-state index contributed by atoms with van der Waals surface area (Å²) in [5.74, 6) is 2.01. The highest BCUT2D eigenvalue weighted by Crippen LogP contribution is 2.46. The van der Waals surface area contributed by atoms with Crippen LogP contribution in [0.15, 0.2) is 29.2 Å². The number of nitrogens with zero attached hydrogens (tertiary/aromatic N) is 2. The molecular formula is C32H52ClN5O7Si2. The lowest BCUT2D eigenvalue weighted by Crippen LogP contribution is -2.48. The predicted molar refractivity (Wildman–Crippen MR) is 190 cm³/mol. The molecule has 2 aromatic rings. The van der Waals surface area contributed by atoms with Crippen LogP contribution in [-0.4, -0.2) is 76.6 Å². The number of fused-ring (bicyclic) bond motifs is 2. The lowest BCUT2D eigenvalue weighted by atomic mass is 10.2. The number of hydrogen-bond donors (Lipinski definition) is 3. The average Bonchev–Trinajstić information content (AvgIpc) is 3.36. The molecule has 12 nitrogen and oxygen atoms in total. The van der Waals surface area contributed by atoms with E-state index < -0.39 is 28.6 Å². The Morgan fingerprint density at radius 3 is 2.40 bits per heavy atom. The van der Waals surface area contributed by atoms with Gasteiger partial charge in [0.15, 0.2) is 34.0 Å². The van der Waals surface area contributed by atoms with Crippen molar-refractivity contribution in [2.75, 3.05) is 37.5 Å². The number of carbonyl (C=O) groups excluding carboxylic acids is 1. The molecule has 0 radical (unpaired) electrons. The van der Waals surface area contributed by atoms with Gasteiger partial charge in [0.25, 0.3) is 0 Å². The molecule has 0 unspecified atom stereocenters. The summed E-state index contributed by atoms with van der Waals surface area (Å²) in [5.41, 5.74) is 0.0648. The molecule has 4 rings (SSSR count). The third-order valence-electron chi connectivity index (χ3n) is 9.55. The molecule has 1 aromatic heterocycles. The van der Waals surface area contributed by atoms with E-state index in [1.807, 2.05) is 0 Å². The Labute approximate surface area is 285 Å². The lowest BCUT2D eigenvalue weighted by molar-refractivity contribution is -0.0413. The largest absolute Gasteiger partial charge is 0.489 e. The van der Waals surface area contributed by atoms with Crippen LogP contribution in [0.1, 0.15) is 54.2 Å². The van der Waals surface area contributed by atoms with Gasteiger partial charge in [0, 0.05) is 18.8 Å². The van der Waals surface area contributed by atoms with Crippen molar-refractivity contribution >= 4 is 45.8 Å². The number of halogens is 1. The second-order valence-corrected chi connectivity index (χ2v) is 25.0. The SMILES string of the molecule is CC(C)(C)[Si](C)(C)OC[C@H]1O[C@@H](n2cc3c(nc2=O)Nc2c(OCCNC(=O)NCCCl)cccc2O3)C[C@@H]1O[Si](C)(C)C(C)(C)C. The van der Waals surface area contributed by atoms with E-state index in [0.717, 1.165) is 0 Å². The van der Waals surface area contributed by atoms with Crippen molar-refractivity contribution in [1.82, 2.24) is 20.2 Å². The van der Waals surface area contributed by atoms with Crippen LogP contribution in [0.5, 0.6) is 17.2 Å². The number of urea groups is 1. The van der Waals surface area contributed by atoms with Crippen molar-refractivity contribution in [2.24, 2.45) is 0 Å². The van der Waals surface area contributed by atoms with Gasteiger partial charge in [0.2, 0.25) is 0 Å².